The Morgan fingerprint density at radius 1 is 1.08 bits per heavy atom. The van der Waals surface area contributed by atoms with Gasteiger partial charge >= 0.3 is 6.92 Å². The Morgan fingerprint density at radius 3 is 1.83 bits per heavy atom. The molecule has 0 aromatic heterocycles. The molecule has 0 unspecified atom stereocenters. The smallest absolute Gasteiger partial charge is 0.320 e. The van der Waals surface area contributed by atoms with Crippen LogP contribution in [-0.2, 0) is 0 Å². The maximum absolute atomic E-state index is 9.11. The summed E-state index contributed by atoms with van der Waals surface area (Å²) in [5.74, 6) is 0. The van der Waals surface area contributed by atoms with E-state index in [1.54, 1.807) is 6.82 Å². The molecule has 0 aliphatic carbocycles. The average molecular weight is 166 g/mol. The molecule has 2 heteroatoms. The molecule has 0 spiro atoms. The van der Waals surface area contributed by atoms with E-state index in [9.17, 15) is 0 Å². The fourth-order valence-electron chi connectivity index (χ4n) is 0.845. The summed E-state index contributed by atoms with van der Waals surface area (Å²) in [6.45, 7) is 3.46. The lowest BCUT2D eigenvalue weighted by molar-refractivity contribution is 0.594. The first kappa shape index (κ1) is 13.8. The first-order valence-electron chi connectivity index (χ1n) is 3.45. The van der Waals surface area contributed by atoms with Crippen molar-refractivity contribution in [3.8, 4) is 0 Å². The van der Waals surface area contributed by atoms with Gasteiger partial charge in [-0.05, 0) is 12.4 Å². The molecular formula is C10H19BO. The van der Waals surface area contributed by atoms with Crippen molar-refractivity contribution in [2.75, 3.05) is 0 Å². The highest BCUT2D eigenvalue weighted by atomic mass is 16.2. The van der Waals surface area contributed by atoms with Crippen LogP contribution in [0.4, 0.5) is 0 Å². The van der Waals surface area contributed by atoms with E-state index < -0.39 is 0 Å². The van der Waals surface area contributed by atoms with Crippen molar-refractivity contribution in [3.63, 3.8) is 0 Å². The van der Waals surface area contributed by atoms with Gasteiger partial charge in [0.15, 0.2) is 0 Å². The van der Waals surface area contributed by atoms with Crippen LogP contribution in [0, 0.1) is 6.92 Å². The predicted molar refractivity (Wildman–Crippen MR) is 58.1 cm³/mol. The van der Waals surface area contributed by atoms with Crippen molar-refractivity contribution in [1.82, 2.24) is 0 Å². The van der Waals surface area contributed by atoms with E-state index in [4.69, 9.17) is 5.02 Å². The monoisotopic (exact) mass is 166 g/mol. The zero-order valence-corrected chi connectivity index (χ0v) is 6.33. The van der Waals surface area contributed by atoms with Gasteiger partial charge < -0.3 is 5.02 Å². The van der Waals surface area contributed by atoms with Crippen molar-refractivity contribution in [1.29, 1.82) is 0 Å². The summed E-state index contributed by atoms with van der Waals surface area (Å²) in [6.07, 6.45) is 0. The minimum atomic E-state index is -0.347. The van der Waals surface area contributed by atoms with E-state index in [1.807, 2.05) is 31.2 Å². The van der Waals surface area contributed by atoms with Gasteiger partial charge in [-0.3, -0.25) is 0 Å². The second-order valence-corrected chi connectivity index (χ2v) is 2.59. The van der Waals surface area contributed by atoms with E-state index in [1.165, 1.54) is 5.56 Å². The molecule has 0 atom stereocenters. The van der Waals surface area contributed by atoms with Gasteiger partial charge in [0.2, 0.25) is 0 Å². The molecule has 12 heavy (non-hydrogen) atoms. The van der Waals surface area contributed by atoms with Crippen LogP contribution in [-0.4, -0.2) is 11.9 Å². The molecule has 0 saturated heterocycles. The Balaban J connectivity index is 0. The first-order valence-corrected chi connectivity index (χ1v) is 3.45. The molecule has 1 rings (SSSR count). The molecule has 1 aromatic rings. The highest BCUT2D eigenvalue weighted by Gasteiger charge is 2.03. The lowest BCUT2D eigenvalue weighted by atomic mass is 9.64. The Kier molecular flexibility index (Phi) is 6.72. The highest BCUT2D eigenvalue weighted by Crippen LogP contribution is 1.93. The van der Waals surface area contributed by atoms with E-state index in [0.717, 1.165) is 5.46 Å². The molecule has 0 heterocycles. The third kappa shape index (κ3) is 3.58. The quantitative estimate of drug-likeness (QED) is 0.633. The molecule has 0 fully saturated rings. The summed E-state index contributed by atoms with van der Waals surface area (Å²) in [6, 6.07) is 7.89. The van der Waals surface area contributed by atoms with Crippen molar-refractivity contribution in [3.05, 3.63) is 29.8 Å². The average Bonchev–Trinajstić information content (AvgIpc) is 1.88. The van der Waals surface area contributed by atoms with Crippen LogP contribution in [0.5, 0.6) is 0 Å². The lowest BCUT2D eigenvalue weighted by Crippen LogP contribution is -2.25. The number of benzene rings is 1. The third-order valence-electron chi connectivity index (χ3n) is 1.56. The van der Waals surface area contributed by atoms with Gasteiger partial charge in [-0.2, -0.15) is 0 Å². The number of rotatable bonds is 1. The number of aryl methyl sites for hydroxylation is 1. The summed E-state index contributed by atoms with van der Waals surface area (Å²) in [4.78, 5) is 0. The number of hydrogen-bond acceptors (Lipinski definition) is 1. The molecule has 0 amide bonds. The fourth-order valence-corrected chi connectivity index (χ4v) is 0.845. The summed E-state index contributed by atoms with van der Waals surface area (Å²) >= 11 is 0. The van der Waals surface area contributed by atoms with Crippen LogP contribution in [0.1, 0.15) is 20.4 Å². The molecule has 0 radical (unpaired) electrons. The molecular weight excluding hydrogens is 147 g/mol. The minimum Gasteiger partial charge on any atom is -0.447 e. The Morgan fingerprint density at radius 2 is 1.50 bits per heavy atom. The topological polar surface area (TPSA) is 20.2 Å². The zero-order chi connectivity index (χ0) is 7.56. The summed E-state index contributed by atoms with van der Waals surface area (Å²) in [5, 5.41) is 9.11. The van der Waals surface area contributed by atoms with Gasteiger partial charge in [-0.25, -0.2) is 0 Å². The summed E-state index contributed by atoms with van der Waals surface area (Å²) in [5.41, 5.74) is 2.20. The fraction of sp³-hybridized carbons (Fsp3) is 0.400. The van der Waals surface area contributed by atoms with Crippen LogP contribution in [0.15, 0.2) is 24.3 Å². The SMILES string of the molecule is C.C.CB(O)c1ccc(C)cc1. The van der Waals surface area contributed by atoms with Gasteiger partial charge in [0, 0.05) is 0 Å². The highest BCUT2D eigenvalue weighted by molar-refractivity contribution is 6.64. The molecule has 1 aromatic carbocycles. The Bertz CT molecular complexity index is 204. The summed E-state index contributed by atoms with van der Waals surface area (Å²) in [7, 11) is 0. The van der Waals surface area contributed by atoms with E-state index in [0.29, 0.717) is 0 Å². The minimum absolute atomic E-state index is 0. The second-order valence-electron chi connectivity index (χ2n) is 2.59. The molecule has 1 N–H and O–H groups in total. The van der Waals surface area contributed by atoms with Crippen molar-refractivity contribution in [2.24, 2.45) is 0 Å². The predicted octanol–water partition coefficient (Wildman–Crippen LogP) is 2.09. The molecule has 0 saturated carbocycles. The zero-order valence-electron chi connectivity index (χ0n) is 6.33. The number of hydrogen-bond donors (Lipinski definition) is 1. The van der Waals surface area contributed by atoms with Crippen LogP contribution in [0.2, 0.25) is 6.82 Å². The Hall–Kier alpha value is -0.755. The largest absolute Gasteiger partial charge is 0.447 e. The maximum atomic E-state index is 9.11. The van der Waals surface area contributed by atoms with Gasteiger partial charge in [-0.1, -0.05) is 51.5 Å². The van der Waals surface area contributed by atoms with Crippen LogP contribution >= 0.6 is 0 Å². The first-order chi connectivity index (χ1) is 4.70. The van der Waals surface area contributed by atoms with Crippen molar-refractivity contribution in [2.45, 2.75) is 28.6 Å². The molecule has 1 nitrogen and oxygen atoms in total. The van der Waals surface area contributed by atoms with Gasteiger partial charge in [0.1, 0.15) is 0 Å². The van der Waals surface area contributed by atoms with Gasteiger partial charge in [-0.15, -0.1) is 0 Å². The molecule has 0 aliphatic heterocycles. The van der Waals surface area contributed by atoms with Crippen LogP contribution in [0.25, 0.3) is 0 Å². The second kappa shape index (κ2) is 5.84. The van der Waals surface area contributed by atoms with E-state index in [-0.39, 0.29) is 21.8 Å². The van der Waals surface area contributed by atoms with E-state index >= 15 is 0 Å². The standard InChI is InChI=1S/C8H11BO.2CH4/c1-7-3-5-8(6-4-7)9(2)10;;/h3-6,10H,1-2H3;2*1H4. The van der Waals surface area contributed by atoms with Gasteiger partial charge in [0.25, 0.3) is 0 Å². The molecule has 0 bridgehead atoms. The third-order valence-corrected chi connectivity index (χ3v) is 1.56. The molecule has 0 aliphatic rings. The molecule has 68 valence electrons. The van der Waals surface area contributed by atoms with Crippen LogP contribution < -0.4 is 5.46 Å². The van der Waals surface area contributed by atoms with E-state index in [2.05, 4.69) is 0 Å². The normalized spacial score (nSPS) is 7.92. The van der Waals surface area contributed by atoms with Gasteiger partial charge in [0.05, 0.1) is 0 Å². The van der Waals surface area contributed by atoms with Crippen molar-refractivity contribution < 1.29 is 5.02 Å². The lowest BCUT2D eigenvalue weighted by Gasteiger charge is -1.99. The Labute approximate surface area is 76.6 Å². The summed E-state index contributed by atoms with van der Waals surface area (Å²) < 4.78 is 0. The maximum Gasteiger partial charge on any atom is 0.320 e. The van der Waals surface area contributed by atoms with Crippen LogP contribution in [0.3, 0.4) is 0 Å². The van der Waals surface area contributed by atoms with Crippen molar-refractivity contribution >= 4 is 12.4 Å².